The second-order valence-electron chi connectivity index (χ2n) is 4.67. The molecule has 1 aromatic heterocycles. The first-order valence-corrected chi connectivity index (χ1v) is 6.63. The third kappa shape index (κ3) is 2.47. The number of furan rings is 1. The van der Waals surface area contributed by atoms with Gasteiger partial charge in [0.05, 0.1) is 18.0 Å². The molecule has 5 nitrogen and oxygen atoms in total. The molecule has 3 rings (SSSR count). The molecular formula is C15H16N2O3. The van der Waals surface area contributed by atoms with E-state index in [1.54, 1.807) is 6.26 Å². The SMILES string of the molecule is CCC(Nc1ccc2c(c1)NC(=O)CO2)c1ccco1. The molecule has 2 N–H and O–H groups in total. The number of carbonyl (C=O) groups is 1. The molecule has 1 unspecified atom stereocenters. The standard InChI is InChI=1S/C15H16N2O3/c1-2-11(13-4-3-7-19-13)16-10-5-6-14-12(8-10)17-15(18)9-20-14/h3-8,11,16H,2,9H2,1H3,(H,17,18). The summed E-state index contributed by atoms with van der Waals surface area (Å²) in [5, 5.41) is 6.19. The average molecular weight is 272 g/mol. The highest BCUT2D eigenvalue weighted by Gasteiger charge is 2.17. The zero-order valence-corrected chi connectivity index (χ0v) is 11.2. The summed E-state index contributed by atoms with van der Waals surface area (Å²) < 4.78 is 10.8. The predicted octanol–water partition coefficient (Wildman–Crippen LogP) is 3.17. The van der Waals surface area contributed by atoms with E-state index in [1.807, 2.05) is 30.3 Å². The average Bonchev–Trinajstić information content (AvgIpc) is 2.98. The molecule has 1 aromatic carbocycles. The minimum absolute atomic E-state index is 0.0732. The highest BCUT2D eigenvalue weighted by molar-refractivity contribution is 5.96. The Morgan fingerprint density at radius 3 is 3.05 bits per heavy atom. The Morgan fingerprint density at radius 1 is 1.40 bits per heavy atom. The fourth-order valence-electron chi connectivity index (χ4n) is 2.24. The first-order valence-electron chi connectivity index (χ1n) is 6.63. The normalized spacial score (nSPS) is 14.9. The number of hydrogen-bond donors (Lipinski definition) is 2. The van der Waals surface area contributed by atoms with E-state index in [-0.39, 0.29) is 18.6 Å². The van der Waals surface area contributed by atoms with Crippen LogP contribution in [0.25, 0.3) is 0 Å². The van der Waals surface area contributed by atoms with Crippen LogP contribution in [-0.4, -0.2) is 12.5 Å². The lowest BCUT2D eigenvalue weighted by atomic mass is 10.1. The molecule has 0 fully saturated rings. The van der Waals surface area contributed by atoms with E-state index in [0.29, 0.717) is 11.4 Å². The van der Waals surface area contributed by atoms with Gasteiger partial charge in [0.1, 0.15) is 11.5 Å². The summed E-state index contributed by atoms with van der Waals surface area (Å²) in [4.78, 5) is 11.3. The van der Waals surface area contributed by atoms with Crippen molar-refractivity contribution in [2.45, 2.75) is 19.4 Å². The van der Waals surface area contributed by atoms with Gasteiger partial charge in [-0.25, -0.2) is 0 Å². The van der Waals surface area contributed by atoms with Gasteiger partial charge in [-0.1, -0.05) is 6.92 Å². The van der Waals surface area contributed by atoms with Crippen LogP contribution in [0.5, 0.6) is 5.75 Å². The lowest BCUT2D eigenvalue weighted by Crippen LogP contribution is -2.25. The maximum absolute atomic E-state index is 11.3. The quantitative estimate of drug-likeness (QED) is 0.897. The molecule has 1 aliphatic rings. The van der Waals surface area contributed by atoms with E-state index >= 15 is 0 Å². The van der Waals surface area contributed by atoms with Crippen molar-refractivity contribution in [3.05, 3.63) is 42.4 Å². The molecule has 0 saturated carbocycles. The number of hydrogen-bond acceptors (Lipinski definition) is 4. The maximum atomic E-state index is 11.3. The van der Waals surface area contributed by atoms with Crippen LogP contribution in [0.3, 0.4) is 0 Å². The molecule has 5 heteroatoms. The zero-order chi connectivity index (χ0) is 13.9. The van der Waals surface area contributed by atoms with E-state index in [0.717, 1.165) is 17.9 Å². The van der Waals surface area contributed by atoms with Crippen LogP contribution < -0.4 is 15.4 Å². The molecule has 1 amide bonds. The number of carbonyl (C=O) groups excluding carboxylic acids is 1. The number of anilines is 2. The maximum Gasteiger partial charge on any atom is 0.262 e. The summed E-state index contributed by atoms with van der Waals surface area (Å²) in [5.41, 5.74) is 1.61. The van der Waals surface area contributed by atoms with E-state index in [9.17, 15) is 4.79 Å². The topological polar surface area (TPSA) is 63.5 Å². The molecule has 104 valence electrons. The number of nitrogens with one attached hydrogen (secondary N) is 2. The third-order valence-electron chi connectivity index (χ3n) is 3.25. The Balaban J connectivity index is 1.80. The van der Waals surface area contributed by atoms with E-state index < -0.39 is 0 Å². The van der Waals surface area contributed by atoms with Gasteiger partial charge in [0.2, 0.25) is 0 Å². The number of rotatable bonds is 4. The number of benzene rings is 1. The number of ether oxygens (including phenoxy) is 1. The van der Waals surface area contributed by atoms with E-state index in [1.165, 1.54) is 0 Å². The lowest BCUT2D eigenvalue weighted by molar-refractivity contribution is -0.118. The Bertz CT molecular complexity index is 608. The molecule has 0 bridgehead atoms. The van der Waals surface area contributed by atoms with Gasteiger partial charge in [-0.15, -0.1) is 0 Å². The number of amides is 1. The highest BCUT2D eigenvalue weighted by Crippen LogP contribution is 2.32. The molecule has 0 saturated heterocycles. The largest absolute Gasteiger partial charge is 0.482 e. The predicted molar refractivity (Wildman–Crippen MR) is 75.9 cm³/mol. The van der Waals surface area contributed by atoms with Gasteiger partial charge in [0, 0.05) is 5.69 Å². The van der Waals surface area contributed by atoms with Gasteiger partial charge < -0.3 is 19.8 Å². The first kappa shape index (κ1) is 12.6. The molecule has 0 aliphatic carbocycles. The summed E-state index contributed by atoms with van der Waals surface area (Å²) in [5.74, 6) is 1.46. The van der Waals surface area contributed by atoms with Gasteiger partial charge >= 0.3 is 0 Å². The third-order valence-corrected chi connectivity index (χ3v) is 3.25. The summed E-state index contributed by atoms with van der Waals surface area (Å²) in [6.07, 6.45) is 2.56. The van der Waals surface area contributed by atoms with E-state index in [2.05, 4.69) is 17.6 Å². The van der Waals surface area contributed by atoms with Gasteiger partial charge in [-0.2, -0.15) is 0 Å². The lowest BCUT2D eigenvalue weighted by Gasteiger charge is -2.21. The van der Waals surface area contributed by atoms with Crippen LogP contribution in [0.4, 0.5) is 11.4 Å². The molecule has 0 radical (unpaired) electrons. The molecule has 1 atom stereocenters. The second-order valence-corrected chi connectivity index (χ2v) is 4.67. The minimum Gasteiger partial charge on any atom is -0.482 e. The second kappa shape index (κ2) is 5.28. The van der Waals surface area contributed by atoms with Crippen LogP contribution in [0.15, 0.2) is 41.0 Å². The molecular weight excluding hydrogens is 256 g/mol. The first-order chi connectivity index (χ1) is 9.76. The molecule has 1 aliphatic heterocycles. The Hall–Kier alpha value is -2.43. The Morgan fingerprint density at radius 2 is 2.30 bits per heavy atom. The van der Waals surface area contributed by atoms with Crippen molar-refractivity contribution >= 4 is 17.3 Å². The summed E-state index contributed by atoms with van der Waals surface area (Å²) in [6.45, 7) is 2.16. The van der Waals surface area contributed by atoms with Crippen molar-refractivity contribution in [3.8, 4) is 5.75 Å². The smallest absolute Gasteiger partial charge is 0.262 e. The minimum atomic E-state index is -0.132. The van der Waals surface area contributed by atoms with Gasteiger partial charge in [0.15, 0.2) is 6.61 Å². The van der Waals surface area contributed by atoms with Crippen LogP contribution in [0, 0.1) is 0 Å². The van der Waals surface area contributed by atoms with Crippen molar-refractivity contribution in [2.75, 3.05) is 17.2 Å². The van der Waals surface area contributed by atoms with Crippen LogP contribution in [0.2, 0.25) is 0 Å². The number of fused-ring (bicyclic) bond motifs is 1. The Kier molecular flexibility index (Phi) is 3.33. The van der Waals surface area contributed by atoms with Crippen LogP contribution in [-0.2, 0) is 4.79 Å². The fraction of sp³-hybridized carbons (Fsp3) is 0.267. The highest BCUT2D eigenvalue weighted by atomic mass is 16.5. The van der Waals surface area contributed by atoms with Crippen molar-refractivity contribution < 1.29 is 13.9 Å². The summed E-state index contributed by atoms with van der Waals surface area (Å²) in [6, 6.07) is 9.58. The van der Waals surface area contributed by atoms with Crippen molar-refractivity contribution in [3.63, 3.8) is 0 Å². The summed E-state index contributed by atoms with van der Waals surface area (Å²) >= 11 is 0. The van der Waals surface area contributed by atoms with Gasteiger partial charge in [-0.3, -0.25) is 4.79 Å². The summed E-state index contributed by atoms with van der Waals surface area (Å²) in [7, 11) is 0. The van der Waals surface area contributed by atoms with Crippen molar-refractivity contribution in [2.24, 2.45) is 0 Å². The molecule has 0 spiro atoms. The Labute approximate surface area is 116 Å². The van der Waals surface area contributed by atoms with Crippen molar-refractivity contribution in [1.29, 1.82) is 0 Å². The fourth-order valence-corrected chi connectivity index (χ4v) is 2.24. The van der Waals surface area contributed by atoms with Gasteiger partial charge in [-0.05, 0) is 36.8 Å². The molecule has 2 heterocycles. The van der Waals surface area contributed by atoms with Gasteiger partial charge in [0.25, 0.3) is 5.91 Å². The van der Waals surface area contributed by atoms with Crippen LogP contribution in [0.1, 0.15) is 25.1 Å². The molecule has 2 aromatic rings. The van der Waals surface area contributed by atoms with Crippen LogP contribution >= 0.6 is 0 Å². The molecule has 20 heavy (non-hydrogen) atoms. The monoisotopic (exact) mass is 272 g/mol. The van der Waals surface area contributed by atoms with E-state index in [4.69, 9.17) is 9.15 Å². The van der Waals surface area contributed by atoms with Crippen molar-refractivity contribution in [1.82, 2.24) is 0 Å². The zero-order valence-electron chi connectivity index (χ0n) is 11.2.